The molecular formula is C114H90BN5. The predicted octanol–water partition coefficient (Wildman–Crippen LogP) is 29.0. The van der Waals surface area contributed by atoms with Gasteiger partial charge in [-0.15, -0.1) is 0 Å². The molecule has 0 saturated heterocycles. The fraction of sp³-hybridized carbons (Fsp3) is 0.105. The van der Waals surface area contributed by atoms with Crippen molar-refractivity contribution in [3.8, 4) is 83.8 Å². The zero-order valence-electron chi connectivity index (χ0n) is 69.2. The number of anilines is 6. The summed E-state index contributed by atoms with van der Waals surface area (Å²) in [5.74, 6) is 0. The van der Waals surface area contributed by atoms with E-state index < -0.39 is 0 Å². The number of aromatic nitrogens is 3. The van der Waals surface area contributed by atoms with Gasteiger partial charge in [0.25, 0.3) is 6.71 Å². The number of benzene rings is 17. The Morgan fingerprint density at radius 2 is 0.508 bits per heavy atom. The van der Waals surface area contributed by atoms with Gasteiger partial charge in [-0.25, -0.2) is 0 Å². The van der Waals surface area contributed by atoms with Gasteiger partial charge in [0.05, 0.1) is 44.5 Å². The van der Waals surface area contributed by atoms with Crippen LogP contribution in [0, 0.1) is 0 Å². The van der Waals surface area contributed by atoms with Gasteiger partial charge in [-0.05, 0) is 215 Å². The van der Waals surface area contributed by atoms with Crippen molar-refractivity contribution in [1.82, 2.24) is 13.7 Å². The van der Waals surface area contributed by atoms with Crippen LogP contribution < -0.4 is 26.2 Å². The lowest BCUT2D eigenvalue weighted by atomic mass is 9.33. The fourth-order valence-electron chi connectivity index (χ4n) is 19.7. The summed E-state index contributed by atoms with van der Waals surface area (Å²) in [7, 11) is 0. The van der Waals surface area contributed by atoms with E-state index >= 15 is 0 Å². The first-order chi connectivity index (χ1) is 58.4. The SMILES string of the molecule is CC(C)(C)c1cc2c3c(c1)N(c1c(-c4ccccc4)cc(-c4ccccc4)cc1-c1ccccc1)c1cc(-n4c5ccccc5c5cc6c7ccccc7n(-c7ccccc7)c6cc54)ccc1B3c1ccc(-n3c4ccc(C(C)(C)C)cc4c4cc(C(C)(C)C)ccc43)cc1N2c1c(-c2ccccc2)cc(-c2ccccc2)cc1-c1ccccc1. The van der Waals surface area contributed by atoms with Gasteiger partial charge in [-0.1, -0.05) is 323 Å². The summed E-state index contributed by atoms with van der Waals surface area (Å²) in [6, 6.07) is 145. The van der Waals surface area contributed by atoms with Gasteiger partial charge in [-0.3, -0.25) is 0 Å². The molecule has 17 aromatic carbocycles. The van der Waals surface area contributed by atoms with Crippen molar-refractivity contribution in [2.75, 3.05) is 9.80 Å². The van der Waals surface area contributed by atoms with E-state index in [-0.39, 0.29) is 23.0 Å². The van der Waals surface area contributed by atoms with Crippen molar-refractivity contribution in [2.24, 2.45) is 0 Å². The van der Waals surface area contributed by atoms with Crippen molar-refractivity contribution in [3.63, 3.8) is 0 Å². The molecule has 20 aromatic rings. The standard InChI is InChI=1S/C114H90BN5/c1-112(2,3)81-53-59-101-93(65-81)94-66-82(113(4,5)6)54-60-102(94)117(101)85-55-57-97-105(69-85)119(110-89(75-39-21-12-22-40-75)61-79(73-35-17-10-18-36-73)62-90(110)76-41-23-13-24-42-76)107-67-83(114(7,8)9)68-108-109(107)115(97)98-58-56-86(118-100-52-34-32-50-88(100)96-71-95-87-49-31-33-51-99(87)116(103(95)72-104(96)118)84-47-29-16-30-48-84)70-106(98)120(108)111-91(77-43-25-14-26-44-77)63-80(74-37-19-11-20-38-74)64-92(111)78-45-27-15-28-46-78/h10-72H,1-9H3. The Bertz CT molecular complexity index is 7290. The lowest BCUT2D eigenvalue weighted by Crippen LogP contribution is -2.61. The zero-order valence-corrected chi connectivity index (χ0v) is 69.2. The minimum Gasteiger partial charge on any atom is -0.310 e. The molecule has 2 aliphatic heterocycles. The number of fused-ring (bicyclic) bond motifs is 13. The minimum absolute atomic E-state index is 0.0800. The van der Waals surface area contributed by atoms with E-state index in [0.29, 0.717) is 0 Å². The van der Waals surface area contributed by atoms with E-state index in [4.69, 9.17) is 0 Å². The van der Waals surface area contributed by atoms with E-state index in [1.807, 2.05) is 0 Å². The molecule has 5 nitrogen and oxygen atoms in total. The molecule has 5 heterocycles. The summed E-state index contributed by atoms with van der Waals surface area (Å²) in [6.07, 6.45) is 0. The number of hydrogen-bond donors (Lipinski definition) is 0. The van der Waals surface area contributed by atoms with Crippen LogP contribution in [0.4, 0.5) is 34.1 Å². The van der Waals surface area contributed by atoms with Crippen molar-refractivity contribution >= 4 is 123 Å². The van der Waals surface area contributed by atoms with E-state index in [1.165, 1.54) is 81.9 Å². The Labute approximate surface area is 702 Å². The van der Waals surface area contributed by atoms with Crippen LogP contribution in [-0.2, 0) is 16.2 Å². The summed E-state index contributed by atoms with van der Waals surface area (Å²) >= 11 is 0. The second-order valence-electron chi connectivity index (χ2n) is 36.0. The molecule has 574 valence electrons. The molecule has 0 radical (unpaired) electrons. The van der Waals surface area contributed by atoms with Crippen LogP contribution in [-0.4, -0.2) is 20.4 Å². The van der Waals surface area contributed by atoms with E-state index in [2.05, 4.69) is 468 Å². The molecule has 2 aliphatic rings. The summed E-state index contributed by atoms with van der Waals surface area (Å²) in [4.78, 5) is 5.48. The van der Waals surface area contributed by atoms with Gasteiger partial charge in [0.1, 0.15) is 0 Å². The van der Waals surface area contributed by atoms with E-state index in [0.717, 1.165) is 134 Å². The minimum atomic E-state index is -0.386. The molecular weight excluding hydrogens is 1450 g/mol. The predicted molar refractivity (Wildman–Crippen MR) is 512 cm³/mol. The molecule has 22 rings (SSSR count). The van der Waals surface area contributed by atoms with Crippen molar-refractivity contribution in [3.05, 3.63) is 399 Å². The number of rotatable bonds is 11. The normalized spacial score (nSPS) is 12.8. The highest BCUT2D eigenvalue weighted by Gasteiger charge is 2.47. The quantitative estimate of drug-likeness (QED) is 0.120. The average Bonchev–Trinajstić information content (AvgIpc) is 0.851. The highest BCUT2D eigenvalue weighted by atomic mass is 15.2. The van der Waals surface area contributed by atoms with Crippen molar-refractivity contribution in [2.45, 2.75) is 78.6 Å². The molecule has 0 unspecified atom stereocenters. The molecule has 6 heteroatoms. The Balaban J connectivity index is 0.911. The molecule has 0 aliphatic carbocycles. The molecule has 0 amide bonds. The Morgan fingerprint density at radius 3 is 0.875 bits per heavy atom. The third-order valence-corrected chi connectivity index (χ3v) is 25.6. The summed E-state index contributed by atoms with van der Waals surface area (Å²) in [6.45, 7) is 20.9. The number of para-hydroxylation sites is 3. The number of nitrogens with zero attached hydrogens (tertiary/aromatic N) is 5. The van der Waals surface area contributed by atoms with Gasteiger partial charge in [0.15, 0.2) is 0 Å². The molecule has 0 atom stereocenters. The van der Waals surface area contributed by atoms with Gasteiger partial charge < -0.3 is 23.5 Å². The summed E-state index contributed by atoms with van der Waals surface area (Å²) in [5.41, 5.74) is 37.4. The smallest absolute Gasteiger partial charge is 0.252 e. The molecule has 120 heavy (non-hydrogen) atoms. The first kappa shape index (κ1) is 72.3. The fourth-order valence-corrected chi connectivity index (χ4v) is 19.7. The Morgan fingerprint density at radius 1 is 0.200 bits per heavy atom. The van der Waals surface area contributed by atoms with E-state index in [1.54, 1.807) is 0 Å². The highest BCUT2D eigenvalue weighted by Crippen LogP contribution is 2.56. The van der Waals surface area contributed by atoms with Crippen LogP contribution in [0.5, 0.6) is 0 Å². The van der Waals surface area contributed by atoms with Crippen molar-refractivity contribution in [1.29, 1.82) is 0 Å². The zero-order chi connectivity index (χ0) is 81.0. The summed E-state index contributed by atoms with van der Waals surface area (Å²) < 4.78 is 7.60. The molecule has 0 saturated carbocycles. The van der Waals surface area contributed by atoms with Crippen LogP contribution in [0.1, 0.15) is 79.0 Å². The monoisotopic (exact) mass is 1540 g/mol. The summed E-state index contributed by atoms with van der Waals surface area (Å²) in [5, 5.41) is 7.35. The van der Waals surface area contributed by atoms with Crippen LogP contribution >= 0.6 is 0 Å². The maximum absolute atomic E-state index is 2.74. The van der Waals surface area contributed by atoms with E-state index in [9.17, 15) is 0 Å². The molecule has 0 N–H and O–H groups in total. The highest BCUT2D eigenvalue weighted by molar-refractivity contribution is 7.00. The first-order valence-corrected chi connectivity index (χ1v) is 42.3. The van der Waals surface area contributed by atoms with Crippen LogP contribution in [0.3, 0.4) is 0 Å². The second-order valence-corrected chi connectivity index (χ2v) is 36.0. The molecule has 0 spiro atoms. The average molecular weight is 1540 g/mol. The molecule has 0 fully saturated rings. The maximum Gasteiger partial charge on any atom is 0.252 e. The third kappa shape index (κ3) is 11.7. The van der Waals surface area contributed by atoms with Crippen LogP contribution in [0.25, 0.3) is 149 Å². The molecule has 0 bridgehead atoms. The van der Waals surface area contributed by atoms with Gasteiger partial charge in [0, 0.05) is 94.4 Å². The number of hydrogen-bond acceptors (Lipinski definition) is 2. The first-order valence-electron chi connectivity index (χ1n) is 42.3. The second kappa shape index (κ2) is 27.7. The lowest BCUT2D eigenvalue weighted by molar-refractivity contribution is 0.590. The van der Waals surface area contributed by atoms with Gasteiger partial charge >= 0.3 is 0 Å². The maximum atomic E-state index is 2.74. The molecule has 3 aromatic heterocycles. The van der Waals surface area contributed by atoms with Crippen molar-refractivity contribution < 1.29 is 0 Å². The lowest BCUT2D eigenvalue weighted by Gasteiger charge is -2.46. The Kier molecular flexibility index (Phi) is 16.7. The third-order valence-electron chi connectivity index (χ3n) is 25.6. The van der Waals surface area contributed by atoms with Crippen LogP contribution in [0.15, 0.2) is 382 Å². The van der Waals surface area contributed by atoms with Crippen LogP contribution in [0.2, 0.25) is 0 Å². The topological polar surface area (TPSA) is 21.3 Å². The van der Waals surface area contributed by atoms with Gasteiger partial charge in [-0.2, -0.15) is 0 Å². The van der Waals surface area contributed by atoms with Gasteiger partial charge in [0.2, 0.25) is 0 Å². The largest absolute Gasteiger partial charge is 0.310 e. The Hall–Kier alpha value is -14.2.